The molecule has 3 aliphatic rings. The highest BCUT2D eigenvalue weighted by Gasteiger charge is 2.29. The minimum Gasteiger partial charge on any atom is -0.467 e. The number of carbonyl (C=O) groups is 1. The average molecular weight is 581 g/mol. The Morgan fingerprint density at radius 2 is 1.85 bits per heavy atom. The number of anilines is 2. The Labute approximate surface area is 244 Å². The van der Waals surface area contributed by atoms with Crippen LogP contribution in [0.3, 0.4) is 0 Å². The van der Waals surface area contributed by atoms with E-state index in [2.05, 4.69) is 14.7 Å². The highest BCUT2D eigenvalue weighted by molar-refractivity contribution is 6.36. The molecular formula is C30H34ClFN6O3. The van der Waals surface area contributed by atoms with Crippen molar-refractivity contribution in [2.24, 2.45) is 0 Å². The molecule has 9 nitrogen and oxygen atoms in total. The highest BCUT2D eigenvalue weighted by Crippen LogP contribution is 2.38. The fraction of sp³-hybridized carbons (Fsp3) is 0.433. The van der Waals surface area contributed by atoms with Crippen LogP contribution in [0.2, 0.25) is 5.02 Å². The number of methoxy groups -OCH3 is 1. The largest absolute Gasteiger partial charge is 0.467 e. The van der Waals surface area contributed by atoms with Crippen molar-refractivity contribution in [3.05, 3.63) is 64.6 Å². The summed E-state index contributed by atoms with van der Waals surface area (Å²) < 4.78 is 25.3. The first-order chi connectivity index (χ1) is 20.0. The first-order valence-electron chi connectivity index (χ1n) is 14.1. The van der Waals surface area contributed by atoms with Crippen molar-refractivity contribution in [1.29, 1.82) is 0 Å². The van der Waals surface area contributed by atoms with Crippen LogP contribution in [-0.2, 0) is 22.5 Å². The molecule has 2 saturated heterocycles. The number of hydrogen-bond acceptors (Lipinski definition) is 8. The van der Waals surface area contributed by atoms with Crippen LogP contribution in [0, 0.1) is 5.82 Å². The fourth-order valence-electron chi connectivity index (χ4n) is 5.83. The summed E-state index contributed by atoms with van der Waals surface area (Å²) >= 11 is 6.43. The predicted octanol–water partition coefficient (Wildman–Crippen LogP) is 3.53. The van der Waals surface area contributed by atoms with Crippen molar-refractivity contribution in [1.82, 2.24) is 19.8 Å². The van der Waals surface area contributed by atoms with Crippen molar-refractivity contribution in [2.45, 2.75) is 13.0 Å². The molecule has 0 atom stereocenters. The maximum absolute atomic E-state index is 14.4. The van der Waals surface area contributed by atoms with Gasteiger partial charge in [-0.05, 0) is 23.9 Å². The molecule has 0 aliphatic carbocycles. The quantitative estimate of drug-likeness (QED) is 0.410. The number of rotatable bonds is 6. The minimum absolute atomic E-state index is 0.0426. The first-order valence-corrected chi connectivity index (χ1v) is 14.5. The Morgan fingerprint density at radius 1 is 1.05 bits per heavy atom. The van der Waals surface area contributed by atoms with Crippen LogP contribution in [-0.4, -0.2) is 98.4 Å². The van der Waals surface area contributed by atoms with E-state index >= 15 is 0 Å². The third kappa shape index (κ3) is 5.82. The van der Waals surface area contributed by atoms with Crippen molar-refractivity contribution in [2.75, 3.05) is 82.5 Å². The Morgan fingerprint density at radius 3 is 2.63 bits per heavy atom. The van der Waals surface area contributed by atoms with Crippen LogP contribution < -0.4 is 14.5 Å². The summed E-state index contributed by atoms with van der Waals surface area (Å²) in [5, 5.41) is 1.73. The predicted molar refractivity (Wildman–Crippen MR) is 157 cm³/mol. The Kier molecular flexibility index (Phi) is 8.23. The number of fused-ring (bicyclic) bond motifs is 2. The number of carbonyl (C=O) groups excluding carboxylic acids is 1. The van der Waals surface area contributed by atoms with Gasteiger partial charge in [0.25, 0.3) is 0 Å². The lowest BCUT2D eigenvalue weighted by molar-refractivity contribution is -0.126. The van der Waals surface area contributed by atoms with E-state index in [9.17, 15) is 9.18 Å². The standard InChI is InChI=1S/C30H34ClFN6O3/c1-40-30-33-24-20-38(25-5-2-4-21-7-8-23(32)28(31)27(21)25)11-9-22(24)29(34-30)37-14-12-36(13-15-37)26(39)6-3-10-35-16-18-41-19-17-35/h2-8H,9-20H2,1H3/b6-3+. The molecule has 1 aromatic heterocycles. The van der Waals surface area contributed by atoms with Crippen molar-refractivity contribution in [3.8, 4) is 6.01 Å². The van der Waals surface area contributed by atoms with Gasteiger partial charge in [0.05, 0.1) is 37.6 Å². The molecule has 4 heterocycles. The molecule has 0 N–H and O–H groups in total. The lowest BCUT2D eigenvalue weighted by Gasteiger charge is -2.38. The third-order valence-corrected chi connectivity index (χ3v) is 8.45. The van der Waals surface area contributed by atoms with Gasteiger partial charge in [0, 0.05) is 75.1 Å². The zero-order valence-corrected chi connectivity index (χ0v) is 23.9. The summed E-state index contributed by atoms with van der Waals surface area (Å²) in [4.78, 5) is 30.9. The minimum atomic E-state index is -0.430. The zero-order valence-electron chi connectivity index (χ0n) is 23.2. The van der Waals surface area contributed by atoms with Crippen LogP contribution in [0.5, 0.6) is 6.01 Å². The van der Waals surface area contributed by atoms with E-state index in [1.165, 1.54) is 6.07 Å². The van der Waals surface area contributed by atoms with Crippen LogP contribution in [0.1, 0.15) is 11.3 Å². The van der Waals surface area contributed by atoms with Crippen molar-refractivity contribution >= 4 is 39.8 Å². The van der Waals surface area contributed by atoms with E-state index in [-0.39, 0.29) is 10.9 Å². The molecular weight excluding hydrogens is 547 g/mol. The van der Waals surface area contributed by atoms with E-state index < -0.39 is 5.82 Å². The highest BCUT2D eigenvalue weighted by atomic mass is 35.5. The summed E-state index contributed by atoms with van der Waals surface area (Å²) in [5.41, 5.74) is 2.85. The van der Waals surface area contributed by atoms with Crippen LogP contribution >= 0.6 is 11.6 Å². The van der Waals surface area contributed by atoms with Gasteiger partial charge in [-0.25, -0.2) is 4.39 Å². The summed E-state index contributed by atoms with van der Waals surface area (Å²) in [6.07, 6.45) is 4.37. The summed E-state index contributed by atoms with van der Waals surface area (Å²) in [7, 11) is 1.57. The van der Waals surface area contributed by atoms with Gasteiger partial charge in [-0.2, -0.15) is 9.97 Å². The SMILES string of the molecule is COc1nc2c(c(N3CCN(C(=O)/C=C/CN4CCOCC4)CC3)n1)CCN(c1cccc3ccc(F)c(Cl)c13)C2. The molecule has 0 spiro atoms. The van der Waals surface area contributed by atoms with Crippen molar-refractivity contribution in [3.63, 3.8) is 0 Å². The number of nitrogens with zero attached hydrogens (tertiary/aromatic N) is 6. The lowest BCUT2D eigenvalue weighted by atomic mass is 10.0. The number of ether oxygens (including phenoxy) is 2. The van der Waals surface area contributed by atoms with Gasteiger partial charge < -0.3 is 24.2 Å². The topological polar surface area (TPSA) is 74.3 Å². The molecule has 41 heavy (non-hydrogen) atoms. The van der Waals surface area contributed by atoms with Crippen LogP contribution in [0.4, 0.5) is 15.9 Å². The summed E-state index contributed by atoms with van der Waals surface area (Å²) in [6, 6.07) is 9.35. The van der Waals surface area contributed by atoms with Gasteiger partial charge in [-0.3, -0.25) is 9.69 Å². The zero-order chi connectivity index (χ0) is 28.3. The molecule has 3 aliphatic heterocycles. The monoisotopic (exact) mass is 580 g/mol. The first kappa shape index (κ1) is 27.7. The van der Waals surface area contributed by atoms with Gasteiger partial charge in [0.1, 0.15) is 11.6 Å². The number of aromatic nitrogens is 2. The molecule has 6 rings (SSSR count). The number of amides is 1. The Bertz CT molecular complexity index is 1460. The average Bonchev–Trinajstić information content (AvgIpc) is 3.02. The maximum atomic E-state index is 14.4. The van der Waals surface area contributed by atoms with E-state index in [1.54, 1.807) is 19.3 Å². The second-order valence-electron chi connectivity index (χ2n) is 10.5. The summed E-state index contributed by atoms with van der Waals surface area (Å²) in [6.45, 7) is 7.89. The van der Waals surface area contributed by atoms with Crippen molar-refractivity contribution < 1.29 is 18.7 Å². The lowest BCUT2D eigenvalue weighted by Crippen LogP contribution is -2.49. The second kappa shape index (κ2) is 12.2. The molecule has 2 fully saturated rings. The number of morpholine rings is 1. The molecule has 0 bridgehead atoms. The van der Waals surface area contributed by atoms with E-state index in [0.717, 1.165) is 67.4 Å². The fourth-order valence-corrected chi connectivity index (χ4v) is 6.10. The number of halogens is 2. The Balaban J connectivity index is 1.16. The molecule has 3 aromatic rings. The molecule has 0 radical (unpaired) electrons. The molecule has 0 unspecified atom stereocenters. The second-order valence-corrected chi connectivity index (χ2v) is 10.9. The van der Waals surface area contributed by atoms with Gasteiger partial charge in [0.2, 0.25) is 5.91 Å². The van der Waals surface area contributed by atoms with E-state index in [1.807, 2.05) is 29.2 Å². The van der Waals surface area contributed by atoms with Gasteiger partial charge in [-0.15, -0.1) is 0 Å². The van der Waals surface area contributed by atoms with E-state index in [0.29, 0.717) is 50.7 Å². The molecule has 11 heteroatoms. The molecule has 1 amide bonds. The smallest absolute Gasteiger partial charge is 0.318 e. The number of hydrogen-bond donors (Lipinski definition) is 0. The maximum Gasteiger partial charge on any atom is 0.318 e. The molecule has 0 saturated carbocycles. The molecule has 216 valence electrons. The van der Waals surface area contributed by atoms with Crippen LogP contribution in [0.15, 0.2) is 42.5 Å². The molecule has 2 aromatic carbocycles. The number of benzene rings is 2. The third-order valence-electron chi connectivity index (χ3n) is 8.08. The van der Waals surface area contributed by atoms with Gasteiger partial charge in [-0.1, -0.05) is 35.9 Å². The van der Waals surface area contributed by atoms with Crippen LogP contribution in [0.25, 0.3) is 10.8 Å². The Hall–Kier alpha value is -3.47. The summed E-state index contributed by atoms with van der Waals surface area (Å²) in [5.74, 6) is 0.477. The number of piperazine rings is 1. The normalized spacial score (nSPS) is 18.3. The van der Waals surface area contributed by atoms with Gasteiger partial charge in [0.15, 0.2) is 0 Å². The van der Waals surface area contributed by atoms with E-state index in [4.69, 9.17) is 31.0 Å². The van der Waals surface area contributed by atoms with Gasteiger partial charge >= 0.3 is 6.01 Å².